The van der Waals surface area contributed by atoms with Crippen molar-refractivity contribution in [1.29, 1.82) is 0 Å². The lowest BCUT2D eigenvalue weighted by atomic mass is 9.97. The van der Waals surface area contributed by atoms with E-state index >= 15 is 0 Å². The van der Waals surface area contributed by atoms with Gasteiger partial charge in [-0.15, -0.1) is 0 Å². The average molecular weight is 391 g/mol. The van der Waals surface area contributed by atoms with Gasteiger partial charge in [0.15, 0.2) is 11.5 Å². The van der Waals surface area contributed by atoms with Crippen LogP contribution < -0.4 is 9.47 Å². The van der Waals surface area contributed by atoms with Crippen molar-refractivity contribution in [2.45, 2.75) is 18.9 Å². The number of likely N-dealkylation sites (tertiary alicyclic amines) is 1. The summed E-state index contributed by atoms with van der Waals surface area (Å²) in [6.07, 6.45) is 4.58. The molecule has 150 valence electrons. The highest BCUT2D eigenvalue weighted by Crippen LogP contribution is 2.39. The summed E-state index contributed by atoms with van der Waals surface area (Å²) in [6, 6.07) is 15.6. The molecule has 0 saturated carbocycles. The lowest BCUT2D eigenvalue weighted by Crippen LogP contribution is -2.28. The van der Waals surface area contributed by atoms with Crippen LogP contribution in [0.3, 0.4) is 0 Å². The van der Waals surface area contributed by atoms with Gasteiger partial charge in [-0.2, -0.15) is 5.10 Å². The molecule has 4 rings (SSSR count). The normalized spacial score (nSPS) is 16.1. The predicted molar refractivity (Wildman–Crippen MR) is 111 cm³/mol. The van der Waals surface area contributed by atoms with E-state index in [0.717, 1.165) is 35.6 Å². The molecule has 1 aliphatic heterocycles. The molecule has 0 bridgehead atoms. The van der Waals surface area contributed by atoms with E-state index in [1.165, 1.54) is 0 Å². The van der Waals surface area contributed by atoms with E-state index in [9.17, 15) is 4.79 Å². The summed E-state index contributed by atoms with van der Waals surface area (Å²) in [5.41, 5.74) is 2.87. The van der Waals surface area contributed by atoms with Gasteiger partial charge in [-0.05, 0) is 36.2 Å². The molecule has 1 atom stereocenters. The van der Waals surface area contributed by atoms with Gasteiger partial charge in [0.05, 0.1) is 20.8 Å². The quantitative estimate of drug-likeness (QED) is 0.645. The number of hydrogen-bond acceptors (Lipinski definition) is 4. The number of nitrogens with zero attached hydrogens (tertiary/aromatic N) is 3. The lowest BCUT2D eigenvalue weighted by molar-refractivity contribution is 0.0790. The van der Waals surface area contributed by atoms with Crippen molar-refractivity contribution in [1.82, 2.24) is 14.7 Å². The minimum absolute atomic E-state index is 0.0664. The smallest absolute Gasteiger partial charge is 0.253 e. The first-order chi connectivity index (χ1) is 14.2. The number of para-hydroxylation sites is 1. The highest BCUT2D eigenvalue weighted by atomic mass is 16.5. The molecule has 1 saturated heterocycles. The zero-order chi connectivity index (χ0) is 20.2. The molecule has 0 spiro atoms. The number of hydrogen-bond donors (Lipinski definition) is 0. The van der Waals surface area contributed by atoms with Gasteiger partial charge in [0.1, 0.15) is 0 Å². The Morgan fingerprint density at radius 1 is 1.14 bits per heavy atom. The zero-order valence-corrected chi connectivity index (χ0v) is 16.7. The Balaban J connectivity index is 1.49. The fourth-order valence-electron chi connectivity index (χ4n) is 4.00. The van der Waals surface area contributed by atoms with Gasteiger partial charge in [-0.3, -0.25) is 9.48 Å². The Labute approximate surface area is 170 Å². The van der Waals surface area contributed by atoms with Crippen LogP contribution in [0.15, 0.2) is 60.9 Å². The maximum atomic E-state index is 13.1. The number of benzene rings is 2. The van der Waals surface area contributed by atoms with Crippen LogP contribution in [0, 0.1) is 0 Å². The minimum atomic E-state index is 0.0664. The van der Waals surface area contributed by atoms with Crippen LogP contribution in [-0.4, -0.2) is 47.9 Å². The van der Waals surface area contributed by atoms with Crippen molar-refractivity contribution in [3.05, 3.63) is 77.6 Å². The van der Waals surface area contributed by atoms with Gasteiger partial charge < -0.3 is 14.4 Å². The second-order valence-electron chi connectivity index (χ2n) is 7.22. The second-order valence-corrected chi connectivity index (χ2v) is 7.22. The number of amides is 1. The van der Waals surface area contributed by atoms with E-state index in [1.54, 1.807) is 20.4 Å². The molecule has 1 fully saturated rings. The van der Waals surface area contributed by atoms with E-state index in [4.69, 9.17) is 9.47 Å². The van der Waals surface area contributed by atoms with Crippen molar-refractivity contribution in [3.63, 3.8) is 0 Å². The number of ether oxygens (including phenoxy) is 2. The van der Waals surface area contributed by atoms with Gasteiger partial charge >= 0.3 is 0 Å². The summed E-state index contributed by atoms with van der Waals surface area (Å²) < 4.78 is 12.9. The van der Waals surface area contributed by atoms with E-state index in [2.05, 4.69) is 11.2 Å². The molecule has 1 aromatic heterocycles. The first-order valence-corrected chi connectivity index (χ1v) is 9.76. The van der Waals surface area contributed by atoms with Gasteiger partial charge in [0, 0.05) is 42.5 Å². The molecular weight excluding hydrogens is 366 g/mol. The van der Waals surface area contributed by atoms with Crippen LogP contribution in [0.25, 0.3) is 0 Å². The standard InChI is InChI=1S/C23H25N3O3/c1-28-21-9-4-8-20(22(21)29-2)19-10-13-25(16-19)23(27)18-7-3-6-17(14-18)15-26-12-5-11-24-26/h3-9,11-12,14,19H,10,13,15-16H2,1-2H3/t19-/m1/s1. The van der Waals surface area contributed by atoms with Crippen molar-refractivity contribution >= 4 is 5.91 Å². The van der Waals surface area contributed by atoms with E-state index in [0.29, 0.717) is 18.7 Å². The number of rotatable bonds is 6. The maximum absolute atomic E-state index is 13.1. The van der Waals surface area contributed by atoms with Gasteiger partial charge in [-0.25, -0.2) is 0 Å². The highest BCUT2D eigenvalue weighted by Gasteiger charge is 2.30. The highest BCUT2D eigenvalue weighted by molar-refractivity contribution is 5.94. The Bertz CT molecular complexity index is 985. The topological polar surface area (TPSA) is 56.6 Å². The molecule has 2 aromatic carbocycles. The Kier molecular flexibility index (Phi) is 5.51. The zero-order valence-electron chi connectivity index (χ0n) is 16.7. The lowest BCUT2D eigenvalue weighted by Gasteiger charge is -2.19. The SMILES string of the molecule is COc1cccc([C@@H]2CCN(C(=O)c3cccc(Cn4cccn4)c3)C2)c1OC. The molecule has 1 aliphatic rings. The molecular formula is C23H25N3O3. The monoisotopic (exact) mass is 391 g/mol. The predicted octanol–water partition coefficient (Wildman–Crippen LogP) is 3.58. The summed E-state index contributed by atoms with van der Waals surface area (Å²) in [7, 11) is 3.30. The van der Waals surface area contributed by atoms with E-state index < -0.39 is 0 Å². The van der Waals surface area contributed by atoms with Crippen molar-refractivity contribution in [2.75, 3.05) is 27.3 Å². The van der Waals surface area contributed by atoms with Crippen LogP contribution in [0.4, 0.5) is 0 Å². The second kappa shape index (κ2) is 8.39. The van der Waals surface area contributed by atoms with Crippen LogP contribution in [-0.2, 0) is 6.54 Å². The van der Waals surface area contributed by atoms with Gasteiger partial charge in [-0.1, -0.05) is 24.3 Å². The number of methoxy groups -OCH3 is 2. The Morgan fingerprint density at radius 3 is 2.76 bits per heavy atom. The summed E-state index contributed by atoms with van der Waals surface area (Å²) >= 11 is 0. The summed E-state index contributed by atoms with van der Waals surface area (Å²) in [6.45, 7) is 2.05. The molecule has 0 unspecified atom stereocenters. The largest absolute Gasteiger partial charge is 0.493 e. The van der Waals surface area contributed by atoms with Crippen molar-refractivity contribution in [3.8, 4) is 11.5 Å². The molecule has 0 aliphatic carbocycles. The Hall–Kier alpha value is -3.28. The summed E-state index contributed by atoms with van der Waals surface area (Å²) in [4.78, 5) is 15.0. The van der Waals surface area contributed by atoms with E-state index in [-0.39, 0.29) is 11.8 Å². The molecule has 2 heterocycles. The molecule has 29 heavy (non-hydrogen) atoms. The molecule has 0 N–H and O–H groups in total. The third-order valence-corrected chi connectivity index (χ3v) is 5.43. The first-order valence-electron chi connectivity index (χ1n) is 9.76. The number of aromatic nitrogens is 2. The van der Waals surface area contributed by atoms with Crippen LogP contribution in [0.5, 0.6) is 11.5 Å². The van der Waals surface area contributed by atoms with Crippen LogP contribution >= 0.6 is 0 Å². The number of carbonyl (C=O) groups excluding carboxylic acids is 1. The van der Waals surface area contributed by atoms with Crippen molar-refractivity contribution in [2.24, 2.45) is 0 Å². The molecule has 1 amide bonds. The van der Waals surface area contributed by atoms with Crippen LogP contribution in [0.1, 0.15) is 33.8 Å². The van der Waals surface area contributed by atoms with Crippen LogP contribution in [0.2, 0.25) is 0 Å². The fourth-order valence-corrected chi connectivity index (χ4v) is 4.00. The Morgan fingerprint density at radius 2 is 2.00 bits per heavy atom. The summed E-state index contributed by atoms with van der Waals surface area (Å²) in [5, 5.41) is 4.24. The average Bonchev–Trinajstić information content (AvgIpc) is 3.45. The molecule has 0 radical (unpaired) electrons. The first kappa shape index (κ1) is 19.1. The fraction of sp³-hybridized carbons (Fsp3) is 0.304. The van der Waals surface area contributed by atoms with Gasteiger partial charge in [0.2, 0.25) is 0 Å². The van der Waals surface area contributed by atoms with E-state index in [1.807, 2.05) is 58.2 Å². The molecule has 3 aromatic rings. The molecule has 6 heteroatoms. The van der Waals surface area contributed by atoms with Crippen molar-refractivity contribution < 1.29 is 14.3 Å². The summed E-state index contributed by atoms with van der Waals surface area (Å²) in [5.74, 6) is 1.78. The maximum Gasteiger partial charge on any atom is 0.253 e. The van der Waals surface area contributed by atoms with Gasteiger partial charge in [0.25, 0.3) is 5.91 Å². The minimum Gasteiger partial charge on any atom is -0.493 e. The number of carbonyl (C=O) groups is 1. The molecule has 6 nitrogen and oxygen atoms in total. The third kappa shape index (κ3) is 3.97. The third-order valence-electron chi connectivity index (χ3n) is 5.43.